The van der Waals surface area contributed by atoms with E-state index >= 15 is 0 Å². The maximum absolute atomic E-state index is 12.3. The van der Waals surface area contributed by atoms with E-state index in [1.54, 1.807) is 0 Å². The highest BCUT2D eigenvalue weighted by Crippen LogP contribution is 2.18. The van der Waals surface area contributed by atoms with Crippen LogP contribution in [-0.4, -0.2) is 25.0 Å². The third-order valence-electron chi connectivity index (χ3n) is 4.56. The maximum Gasteiger partial charge on any atom is 0.239 e. The molecule has 29 heavy (non-hydrogen) atoms. The summed E-state index contributed by atoms with van der Waals surface area (Å²) in [6, 6.07) is 21.5. The number of rotatable bonds is 9. The summed E-state index contributed by atoms with van der Waals surface area (Å²) in [5.74, 6) is 0.430. The fourth-order valence-electron chi connectivity index (χ4n) is 3.05. The summed E-state index contributed by atoms with van der Waals surface area (Å²) in [7, 11) is 0. The van der Waals surface area contributed by atoms with Crippen LogP contribution in [0.1, 0.15) is 24.5 Å². The second-order valence-corrected chi connectivity index (χ2v) is 6.86. The van der Waals surface area contributed by atoms with Gasteiger partial charge in [0.05, 0.1) is 19.6 Å². The van der Waals surface area contributed by atoms with Gasteiger partial charge in [-0.2, -0.15) is 0 Å². The van der Waals surface area contributed by atoms with Crippen LogP contribution >= 0.6 is 0 Å². The van der Waals surface area contributed by atoms with Gasteiger partial charge in [-0.1, -0.05) is 61.5 Å². The lowest BCUT2D eigenvalue weighted by Gasteiger charge is -2.09. The van der Waals surface area contributed by atoms with Crippen molar-refractivity contribution in [3.8, 4) is 5.75 Å². The van der Waals surface area contributed by atoms with Crippen molar-refractivity contribution >= 4 is 22.6 Å². The van der Waals surface area contributed by atoms with Gasteiger partial charge in [0.2, 0.25) is 11.8 Å². The Kier molecular flexibility index (Phi) is 7.22. The molecule has 0 heterocycles. The Balaban J connectivity index is 1.43. The van der Waals surface area contributed by atoms with Crippen LogP contribution < -0.4 is 15.4 Å². The van der Waals surface area contributed by atoms with Crippen LogP contribution in [0.25, 0.3) is 10.8 Å². The first-order valence-corrected chi connectivity index (χ1v) is 9.87. The van der Waals surface area contributed by atoms with Gasteiger partial charge in [0.25, 0.3) is 0 Å². The summed E-state index contributed by atoms with van der Waals surface area (Å²) in [4.78, 5) is 24.3. The van der Waals surface area contributed by atoms with Crippen molar-refractivity contribution < 1.29 is 14.3 Å². The molecule has 2 amide bonds. The molecule has 0 saturated heterocycles. The van der Waals surface area contributed by atoms with Crippen LogP contribution in [0.2, 0.25) is 0 Å². The van der Waals surface area contributed by atoms with Crippen molar-refractivity contribution in [3.63, 3.8) is 0 Å². The van der Waals surface area contributed by atoms with Crippen LogP contribution in [0, 0.1) is 0 Å². The van der Waals surface area contributed by atoms with Crippen molar-refractivity contribution in [1.82, 2.24) is 10.6 Å². The molecule has 0 spiro atoms. The first-order valence-electron chi connectivity index (χ1n) is 9.87. The predicted octanol–water partition coefficient (Wildman–Crippen LogP) is 3.60. The van der Waals surface area contributed by atoms with E-state index in [2.05, 4.69) is 17.6 Å². The van der Waals surface area contributed by atoms with Gasteiger partial charge in [-0.05, 0) is 40.5 Å². The number of benzene rings is 3. The van der Waals surface area contributed by atoms with E-state index in [1.807, 2.05) is 66.7 Å². The monoisotopic (exact) mass is 390 g/mol. The summed E-state index contributed by atoms with van der Waals surface area (Å²) in [6.07, 6.45) is 1.21. The van der Waals surface area contributed by atoms with Crippen molar-refractivity contribution in [3.05, 3.63) is 77.9 Å². The molecular weight excluding hydrogens is 364 g/mol. The van der Waals surface area contributed by atoms with Gasteiger partial charge in [-0.3, -0.25) is 9.59 Å². The second kappa shape index (κ2) is 10.3. The normalized spacial score (nSPS) is 10.5. The molecule has 3 aromatic rings. The highest BCUT2D eigenvalue weighted by atomic mass is 16.5. The van der Waals surface area contributed by atoms with E-state index in [1.165, 1.54) is 0 Å². The van der Waals surface area contributed by atoms with Gasteiger partial charge in [0.1, 0.15) is 5.75 Å². The molecule has 0 atom stereocenters. The Bertz CT molecular complexity index is 962. The van der Waals surface area contributed by atoms with Crippen molar-refractivity contribution in [2.45, 2.75) is 26.3 Å². The lowest BCUT2D eigenvalue weighted by atomic mass is 10.0. The minimum Gasteiger partial charge on any atom is -0.494 e. The number of carbonyl (C=O) groups excluding carboxylic acids is 2. The summed E-state index contributed by atoms with van der Waals surface area (Å²) in [6.45, 7) is 3.12. The summed E-state index contributed by atoms with van der Waals surface area (Å²) >= 11 is 0. The number of ether oxygens (including phenoxy) is 1. The predicted molar refractivity (Wildman–Crippen MR) is 115 cm³/mol. The molecule has 0 aliphatic rings. The van der Waals surface area contributed by atoms with Crippen LogP contribution in [0.4, 0.5) is 0 Å². The standard InChI is InChI=1S/C24H26N2O3/c1-2-14-29-21-12-10-18(11-13-21)16-25-24(28)17-26-23(27)15-20-8-5-7-19-6-3-4-9-22(19)20/h3-13H,2,14-17H2,1H3,(H,25,28)(H,26,27). The van der Waals surface area contributed by atoms with Gasteiger partial charge >= 0.3 is 0 Å². The maximum atomic E-state index is 12.3. The van der Waals surface area contributed by atoms with Gasteiger partial charge in [-0.25, -0.2) is 0 Å². The Labute approximate surface area is 171 Å². The van der Waals surface area contributed by atoms with Crippen LogP contribution in [-0.2, 0) is 22.6 Å². The van der Waals surface area contributed by atoms with Gasteiger partial charge in [0.15, 0.2) is 0 Å². The largest absolute Gasteiger partial charge is 0.494 e. The van der Waals surface area contributed by atoms with Crippen molar-refractivity contribution in [2.24, 2.45) is 0 Å². The smallest absolute Gasteiger partial charge is 0.239 e. The number of hydrogen-bond donors (Lipinski definition) is 2. The molecule has 3 rings (SSSR count). The molecule has 0 unspecified atom stereocenters. The topological polar surface area (TPSA) is 67.4 Å². The number of fused-ring (bicyclic) bond motifs is 1. The second-order valence-electron chi connectivity index (χ2n) is 6.86. The molecule has 5 nitrogen and oxygen atoms in total. The summed E-state index contributed by atoms with van der Waals surface area (Å²) in [5.41, 5.74) is 1.93. The van der Waals surface area contributed by atoms with Crippen LogP contribution in [0.5, 0.6) is 5.75 Å². The molecule has 0 bridgehead atoms. The Hall–Kier alpha value is -3.34. The van der Waals surface area contributed by atoms with E-state index in [0.29, 0.717) is 13.2 Å². The molecule has 0 aliphatic heterocycles. The lowest BCUT2D eigenvalue weighted by molar-refractivity contribution is -0.125. The van der Waals surface area contributed by atoms with Gasteiger partial charge in [0, 0.05) is 6.54 Å². The molecule has 5 heteroatoms. The summed E-state index contributed by atoms with van der Waals surface area (Å²) in [5, 5.41) is 7.66. The number of amides is 2. The minimum absolute atomic E-state index is 0.0404. The van der Waals surface area contributed by atoms with E-state index in [4.69, 9.17) is 4.74 Å². The molecule has 150 valence electrons. The third kappa shape index (κ3) is 6.07. The van der Waals surface area contributed by atoms with E-state index in [0.717, 1.165) is 34.1 Å². The van der Waals surface area contributed by atoms with E-state index in [9.17, 15) is 9.59 Å². The SMILES string of the molecule is CCCOc1ccc(CNC(=O)CNC(=O)Cc2cccc3ccccc23)cc1. The number of nitrogens with one attached hydrogen (secondary N) is 2. The van der Waals surface area contributed by atoms with Crippen molar-refractivity contribution in [2.75, 3.05) is 13.2 Å². The van der Waals surface area contributed by atoms with Crippen LogP contribution in [0.15, 0.2) is 66.7 Å². The minimum atomic E-state index is -0.220. The fourth-order valence-corrected chi connectivity index (χ4v) is 3.05. The zero-order valence-corrected chi connectivity index (χ0v) is 16.6. The zero-order valence-electron chi connectivity index (χ0n) is 16.6. The first-order chi connectivity index (χ1) is 14.2. The highest BCUT2D eigenvalue weighted by molar-refractivity contribution is 5.91. The number of hydrogen-bond acceptors (Lipinski definition) is 3. The Morgan fingerprint density at radius 3 is 2.41 bits per heavy atom. The van der Waals surface area contributed by atoms with E-state index in [-0.39, 0.29) is 24.8 Å². The highest BCUT2D eigenvalue weighted by Gasteiger charge is 2.09. The average molecular weight is 390 g/mol. The quantitative estimate of drug-likeness (QED) is 0.587. The van der Waals surface area contributed by atoms with Crippen LogP contribution in [0.3, 0.4) is 0 Å². The number of carbonyl (C=O) groups is 2. The first kappa shape index (κ1) is 20.4. The van der Waals surface area contributed by atoms with Crippen molar-refractivity contribution in [1.29, 1.82) is 0 Å². The molecule has 3 aromatic carbocycles. The molecular formula is C24H26N2O3. The zero-order chi connectivity index (χ0) is 20.5. The molecule has 2 N–H and O–H groups in total. The molecule has 0 aromatic heterocycles. The molecule has 0 fully saturated rings. The third-order valence-corrected chi connectivity index (χ3v) is 4.56. The molecule has 0 aliphatic carbocycles. The molecule has 0 saturated carbocycles. The Morgan fingerprint density at radius 2 is 1.62 bits per heavy atom. The Morgan fingerprint density at radius 1 is 0.862 bits per heavy atom. The lowest BCUT2D eigenvalue weighted by Crippen LogP contribution is -2.37. The van der Waals surface area contributed by atoms with Gasteiger partial charge < -0.3 is 15.4 Å². The van der Waals surface area contributed by atoms with E-state index < -0.39 is 0 Å². The van der Waals surface area contributed by atoms with Gasteiger partial charge in [-0.15, -0.1) is 0 Å². The molecule has 0 radical (unpaired) electrons. The fraction of sp³-hybridized carbons (Fsp3) is 0.250. The average Bonchev–Trinajstić information content (AvgIpc) is 2.76. The summed E-state index contributed by atoms with van der Waals surface area (Å²) < 4.78 is 5.54.